The average molecular weight is 421 g/mol. The fourth-order valence-corrected chi connectivity index (χ4v) is 4.05. The number of para-hydroxylation sites is 2. The van der Waals surface area contributed by atoms with Crippen LogP contribution in [-0.2, 0) is 23.9 Å². The molecule has 1 atom stereocenters. The number of H-pyrrole nitrogens is 1. The zero-order valence-corrected chi connectivity index (χ0v) is 18.0. The molecule has 1 aromatic heterocycles. The summed E-state index contributed by atoms with van der Waals surface area (Å²) in [6, 6.07) is 7.60. The summed E-state index contributed by atoms with van der Waals surface area (Å²) in [6.07, 6.45) is 1.92. The van der Waals surface area contributed by atoms with Crippen molar-refractivity contribution in [3.05, 3.63) is 24.3 Å². The predicted molar refractivity (Wildman–Crippen MR) is 112 cm³/mol. The van der Waals surface area contributed by atoms with Crippen LogP contribution in [-0.4, -0.2) is 47.2 Å². The number of hydrogen-bond donors (Lipinski definition) is 1. The van der Waals surface area contributed by atoms with Crippen LogP contribution in [0, 0.1) is 5.41 Å². The van der Waals surface area contributed by atoms with E-state index in [9.17, 15) is 14.4 Å². The molecule has 0 amide bonds. The Morgan fingerprint density at radius 3 is 2.59 bits per heavy atom. The minimum absolute atomic E-state index is 0.0138. The van der Waals surface area contributed by atoms with E-state index in [1.807, 2.05) is 31.2 Å². The van der Waals surface area contributed by atoms with E-state index in [1.54, 1.807) is 6.92 Å². The van der Waals surface area contributed by atoms with E-state index < -0.39 is 17.4 Å². The molecule has 2 rings (SSSR count). The molecule has 29 heavy (non-hydrogen) atoms. The fourth-order valence-electron chi connectivity index (χ4n) is 3.16. The van der Waals surface area contributed by atoms with Gasteiger partial charge in [-0.25, -0.2) is 4.98 Å². The zero-order valence-electron chi connectivity index (χ0n) is 17.2. The number of aromatic nitrogens is 2. The quantitative estimate of drug-likeness (QED) is 0.316. The summed E-state index contributed by atoms with van der Waals surface area (Å²) in [5.74, 6) is -1.21. The van der Waals surface area contributed by atoms with Crippen molar-refractivity contribution < 1.29 is 23.9 Å². The normalized spacial score (nSPS) is 13.1. The number of aromatic amines is 1. The summed E-state index contributed by atoms with van der Waals surface area (Å²) in [5, 5.41) is 0.612. The molecule has 2 aromatic rings. The van der Waals surface area contributed by atoms with Gasteiger partial charge >= 0.3 is 11.9 Å². The molecule has 0 aliphatic heterocycles. The Bertz CT molecular complexity index is 817. The predicted octanol–water partition coefficient (Wildman–Crippen LogP) is 3.92. The van der Waals surface area contributed by atoms with Crippen LogP contribution in [0.3, 0.4) is 0 Å². The maximum absolute atomic E-state index is 13.3. The number of hydrogen-bond acceptors (Lipinski definition) is 7. The molecule has 1 aromatic carbocycles. The molecule has 0 saturated heterocycles. The van der Waals surface area contributed by atoms with E-state index in [2.05, 4.69) is 9.97 Å². The molecule has 0 aliphatic rings. The number of carbonyl (C=O) groups excluding carboxylic acids is 3. The summed E-state index contributed by atoms with van der Waals surface area (Å²) in [7, 11) is 1.29. The molecule has 7 nitrogen and oxygen atoms in total. The minimum atomic E-state index is -1.35. The van der Waals surface area contributed by atoms with Crippen LogP contribution in [0.15, 0.2) is 29.4 Å². The number of ketones is 1. The highest BCUT2D eigenvalue weighted by atomic mass is 32.2. The van der Waals surface area contributed by atoms with Gasteiger partial charge in [-0.2, -0.15) is 0 Å². The molecular formula is C21H28N2O5S. The third kappa shape index (κ3) is 5.82. The van der Waals surface area contributed by atoms with Gasteiger partial charge in [0.25, 0.3) is 0 Å². The number of nitrogens with zero attached hydrogens (tertiary/aromatic N) is 1. The third-order valence-corrected chi connectivity index (χ3v) is 5.72. The van der Waals surface area contributed by atoms with Gasteiger partial charge in [0.2, 0.25) is 0 Å². The third-order valence-electron chi connectivity index (χ3n) is 4.85. The fraction of sp³-hybridized carbons (Fsp3) is 0.524. The molecule has 0 fully saturated rings. The zero-order chi connectivity index (χ0) is 21.3. The lowest BCUT2D eigenvalue weighted by molar-refractivity contribution is -0.161. The smallest absolute Gasteiger partial charge is 0.319 e. The molecule has 0 radical (unpaired) electrons. The number of Topliss-reactive ketones (excluding diaryl/α,β-unsaturated/α-hetero) is 1. The first kappa shape index (κ1) is 22.9. The van der Waals surface area contributed by atoms with Crippen LogP contribution in [0.2, 0.25) is 0 Å². The van der Waals surface area contributed by atoms with Gasteiger partial charge in [-0.15, -0.1) is 0 Å². The van der Waals surface area contributed by atoms with Crippen molar-refractivity contribution in [2.45, 2.75) is 51.1 Å². The van der Waals surface area contributed by atoms with E-state index in [0.29, 0.717) is 18.0 Å². The lowest BCUT2D eigenvalue weighted by Gasteiger charge is -2.29. The number of fused-ring (bicyclic) bond motifs is 1. The second-order valence-electron chi connectivity index (χ2n) is 6.75. The second-order valence-corrected chi connectivity index (χ2v) is 7.72. The molecule has 0 saturated carbocycles. The largest absolute Gasteiger partial charge is 0.469 e. The number of imidazole rings is 1. The number of nitrogens with one attached hydrogen (secondary N) is 1. The number of unbranched alkanes of at least 4 members (excludes halogenated alkanes) is 1. The first-order chi connectivity index (χ1) is 14.0. The maximum Gasteiger partial charge on any atom is 0.319 e. The average Bonchev–Trinajstić information content (AvgIpc) is 3.15. The molecule has 8 heteroatoms. The first-order valence-electron chi connectivity index (χ1n) is 9.81. The van der Waals surface area contributed by atoms with Gasteiger partial charge < -0.3 is 14.5 Å². The summed E-state index contributed by atoms with van der Waals surface area (Å²) in [6.45, 7) is 3.87. The Hall–Kier alpha value is -2.35. The van der Waals surface area contributed by atoms with Crippen molar-refractivity contribution in [1.82, 2.24) is 9.97 Å². The van der Waals surface area contributed by atoms with E-state index in [1.165, 1.54) is 18.9 Å². The Labute approximate surface area is 174 Å². The molecule has 0 unspecified atom stereocenters. The van der Waals surface area contributed by atoms with Crippen LogP contribution in [0.5, 0.6) is 0 Å². The number of esters is 2. The lowest BCUT2D eigenvalue weighted by atomic mass is 9.75. The summed E-state index contributed by atoms with van der Waals surface area (Å²) in [4.78, 5) is 45.4. The van der Waals surface area contributed by atoms with Crippen LogP contribution >= 0.6 is 11.8 Å². The standard InChI is InChI=1S/C21H28N2O5S/c1-4-6-12-21(19(26)28-5-2,13-11-18(25)27-3)17(24)14-29-20-22-15-9-7-8-10-16(15)23-20/h7-10H,4-6,11-14H2,1-3H3,(H,22,23)/t21-/m0/s1. The SMILES string of the molecule is CCCC[C@](CCC(=O)OC)(C(=O)CSc1nc2ccccc2[nH]1)C(=O)OCC. The first-order valence-corrected chi connectivity index (χ1v) is 10.8. The van der Waals surface area contributed by atoms with E-state index in [4.69, 9.17) is 9.47 Å². The van der Waals surface area contributed by atoms with Crippen LogP contribution in [0.25, 0.3) is 11.0 Å². The molecule has 0 spiro atoms. The molecule has 0 aliphatic carbocycles. The molecule has 1 N–H and O–H groups in total. The Morgan fingerprint density at radius 2 is 1.93 bits per heavy atom. The monoisotopic (exact) mass is 420 g/mol. The van der Waals surface area contributed by atoms with Crippen molar-refractivity contribution in [2.75, 3.05) is 19.5 Å². The molecule has 1 heterocycles. The van der Waals surface area contributed by atoms with Crippen molar-refractivity contribution in [1.29, 1.82) is 0 Å². The number of benzene rings is 1. The molecule has 0 bridgehead atoms. The highest BCUT2D eigenvalue weighted by Crippen LogP contribution is 2.36. The van der Waals surface area contributed by atoms with Gasteiger partial charge in [-0.3, -0.25) is 14.4 Å². The number of thioether (sulfide) groups is 1. The van der Waals surface area contributed by atoms with Gasteiger partial charge in [-0.05, 0) is 31.9 Å². The molecular weight excluding hydrogens is 392 g/mol. The van der Waals surface area contributed by atoms with Crippen molar-refractivity contribution in [3.8, 4) is 0 Å². The highest BCUT2D eigenvalue weighted by Gasteiger charge is 2.46. The number of ether oxygens (including phenoxy) is 2. The lowest BCUT2D eigenvalue weighted by Crippen LogP contribution is -2.42. The van der Waals surface area contributed by atoms with Crippen LogP contribution < -0.4 is 0 Å². The minimum Gasteiger partial charge on any atom is -0.469 e. The molecule has 158 valence electrons. The second kappa shape index (κ2) is 11.0. The Morgan fingerprint density at radius 1 is 1.17 bits per heavy atom. The van der Waals surface area contributed by atoms with Gasteiger partial charge in [0.05, 0.1) is 30.5 Å². The topological polar surface area (TPSA) is 98.4 Å². The summed E-state index contributed by atoms with van der Waals surface area (Å²) < 4.78 is 9.96. The van der Waals surface area contributed by atoms with Crippen molar-refractivity contribution in [2.24, 2.45) is 5.41 Å². The summed E-state index contributed by atoms with van der Waals surface area (Å²) >= 11 is 1.25. The van der Waals surface area contributed by atoms with Crippen LogP contribution in [0.1, 0.15) is 46.0 Å². The van der Waals surface area contributed by atoms with Gasteiger partial charge in [0.1, 0.15) is 5.41 Å². The van der Waals surface area contributed by atoms with E-state index in [0.717, 1.165) is 17.5 Å². The van der Waals surface area contributed by atoms with Crippen molar-refractivity contribution in [3.63, 3.8) is 0 Å². The maximum atomic E-state index is 13.3. The van der Waals surface area contributed by atoms with Gasteiger partial charge in [0.15, 0.2) is 10.9 Å². The van der Waals surface area contributed by atoms with E-state index >= 15 is 0 Å². The van der Waals surface area contributed by atoms with Crippen LogP contribution in [0.4, 0.5) is 0 Å². The van der Waals surface area contributed by atoms with Gasteiger partial charge in [0, 0.05) is 6.42 Å². The Kier molecular flexibility index (Phi) is 8.70. The Balaban J connectivity index is 2.21. The highest BCUT2D eigenvalue weighted by molar-refractivity contribution is 7.99. The number of carbonyl (C=O) groups is 3. The van der Waals surface area contributed by atoms with Gasteiger partial charge in [-0.1, -0.05) is 43.7 Å². The number of methoxy groups -OCH3 is 1. The summed E-state index contributed by atoms with van der Waals surface area (Å²) in [5.41, 5.74) is 0.353. The van der Waals surface area contributed by atoms with Crippen molar-refractivity contribution >= 4 is 40.5 Å². The number of rotatable bonds is 12. The van der Waals surface area contributed by atoms with E-state index in [-0.39, 0.29) is 31.0 Å².